The van der Waals surface area contributed by atoms with Crippen LogP contribution in [0.15, 0.2) is 48.5 Å². The number of ether oxygens (including phenoxy) is 2. The number of hydrogen-bond donors (Lipinski definition) is 1. The minimum Gasteiger partial charge on any atom is -0.445 e. The Morgan fingerprint density at radius 2 is 1.79 bits per heavy atom. The molecule has 3 aliphatic rings. The maximum absolute atomic E-state index is 15.0. The Kier molecular flexibility index (Phi) is 5.80. The Bertz CT molecular complexity index is 1020. The second-order valence-electron chi connectivity index (χ2n) is 8.86. The fourth-order valence-corrected chi connectivity index (χ4v) is 4.92. The molecule has 33 heavy (non-hydrogen) atoms. The van der Waals surface area contributed by atoms with E-state index in [2.05, 4.69) is 0 Å². The number of anilines is 2. The number of cyclic esters (lactones) is 1. The molecule has 0 aliphatic carbocycles. The van der Waals surface area contributed by atoms with Gasteiger partial charge in [0.15, 0.2) is 0 Å². The van der Waals surface area contributed by atoms with Crippen LogP contribution in [-0.4, -0.2) is 62.5 Å². The summed E-state index contributed by atoms with van der Waals surface area (Å²) in [5.74, 6) is 0.162. The Balaban J connectivity index is 1.17. The highest BCUT2D eigenvalue weighted by Gasteiger charge is 2.43. The number of nitrogens with zero attached hydrogens (tertiary/aromatic N) is 3. The molecule has 3 aliphatic heterocycles. The molecule has 0 aromatic heterocycles. The van der Waals surface area contributed by atoms with E-state index in [1.807, 2.05) is 35.2 Å². The second-order valence-corrected chi connectivity index (χ2v) is 8.86. The summed E-state index contributed by atoms with van der Waals surface area (Å²) < 4.78 is 25.6. The van der Waals surface area contributed by atoms with Crippen LogP contribution in [0.25, 0.3) is 0 Å². The van der Waals surface area contributed by atoms with Crippen LogP contribution in [-0.2, 0) is 16.1 Å². The molecule has 8 nitrogen and oxygen atoms in total. The van der Waals surface area contributed by atoms with Crippen LogP contribution < -0.4 is 15.5 Å². The van der Waals surface area contributed by atoms with Gasteiger partial charge in [-0.3, -0.25) is 4.90 Å². The third-order valence-corrected chi connectivity index (χ3v) is 6.67. The SMILES string of the molecule is NC[C@H]1CN(c2ccc(N3C[C@H]4CN(C(=O)OCc5ccccc5)C[C@H]4C3)c(F)c2)C(=O)O1. The van der Waals surface area contributed by atoms with Crippen LogP contribution in [0, 0.1) is 17.7 Å². The minimum absolute atomic E-state index is 0.232. The molecule has 0 unspecified atom stereocenters. The zero-order valence-corrected chi connectivity index (χ0v) is 18.2. The first kappa shape index (κ1) is 21.5. The minimum atomic E-state index is -0.507. The third kappa shape index (κ3) is 4.32. The van der Waals surface area contributed by atoms with Crippen molar-refractivity contribution in [3.63, 3.8) is 0 Å². The summed E-state index contributed by atoms with van der Waals surface area (Å²) in [6.45, 7) is 3.36. The Hall–Kier alpha value is -3.33. The first-order valence-corrected chi connectivity index (χ1v) is 11.2. The van der Waals surface area contributed by atoms with Gasteiger partial charge in [0.05, 0.1) is 17.9 Å². The van der Waals surface area contributed by atoms with Crippen molar-refractivity contribution >= 4 is 23.6 Å². The molecular formula is C24H27FN4O4. The molecule has 3 atom stereocenters. The quantitative estimate of drug-likeness (QED) is 0.748. The summed E-state index contributed by atoms with van der Waals surface area (Å²) in [7, 11) is 0. The van der Waals surface area contributed by atoms with E-state index in [1.165, 1.54) is 11.0 Å². The molecule has 2 N–H and O–H groups in total. The van der Waals surface area contributed by atoms with E-state index >= 15 is 0 Å². The van der Waals surface area contributed by atoms with E-state index in [4.69, 9.17) is 15.2 Å². The normalized spacial score (nSPS) is 24.2. The van der Waals surface area contributed by atoms with E-state index < -0.39 is 6.09 Å². The van der Waals surface area contributed by atoms with Crippen LogP contribution in [0.2, 0.25) is 0 Å². The number of benzene rings is 2. The smallest absolute Gasteiger partial charge is 0.414 e. The maximum Gasteiger partial charge on any atom is 0.414 e. The van der Waals surface area contributed by atoms with Gasteiger partial charge in [-0.1, -0.05) is 30.3 Å². The number of likely N-dealkylation sites (tertiary alicyclic amines) is 1. The largest absolute Gasteiger partial charge is 0.445 e. The highest BCUT2D eigenvalue weighted by molar-refractivity contribution is 5.90. The van der Waals surface area contributed by atoms with Crippen molar-refractivity contribution in [1.29, 1.82) is 0 Å². The number of nitrogens with two attached hydrogens (primary N) is 1. The number of rotatable bonds is 5. The second kappa shape index (κ2) is 8.90. The fraction of sp³-hybridized carbons (Fsp3) is 0.417. The number of hydrogen-bond acceptors (Lipinski definition) is 6. The lowest BCUT2D eigenvalue weighted by molar-refractivity contribution is 0.102. The highest BCUT2D eigenvalue weighted by atomic mass is 19.1. The maximum atomic E-state index is 15.0. The topological polar surface area (TPSA) is 88.3 Å². The molecule has 3 fully saturated rings. The average molecular weight is 455 g/mol. The summed E-state index contributed by atoms with van der Waals surface area (Å²) in [4.78, 5) is 29.7. The molecule has 2 amide bonds. The molecule has 9 heteroatoms. The molecule has 2 aromatic rings. The monoisotopic (exact) mass is 454 g/mol. The van der Waals surface area contributed by atoms with Crippen LogP contribution in [0.4, 0.5) is 25.4 Å². The summed E-state index contributed by atoms with van der Waals surface area (Å²) in [5.41, 5.74) is 7.50. The van der Waals surface area contributed by atoms with E-state index in [0.717, 1.165) is 5.56 Å². The molecule has 0 spiro atoms. The van der Waals surface area contributed by atoms with Gasteiger partial charge >= 0.3 is 12.2 Å². The van der Waals surface area contributed by atoms with Gasteiger partial charge in [-0.05, 0) is 23.8 Å². The molecule has 0 bridgehead atoms. The Morgan fingerprint density at radius 1 is 1.06 bits per heavy atom. The van der Waals surface area contributed by atoms with E-state index in [1.54, 1.807) is 17.0 Å². The van der Waals surface area contributed by atoms with Crippen molar-refractivity contribution in [2.24, 2.45) is 17.6 Å². The van der Waals surface area contributed by atoms with Gasteiger partial charge in [0.2, 0.25) is 0 Å². The predicted molar refractivity (Wildman–Crippen MR) is 120 cm³/mol. The van der Waals surface area contributed by atoms with Gasteiger partial charge in [0, 0.05) is 44.6 Å². The summed E-state index contributed by atoms with van der Waals surface area (Å²) in [6, 6.07) is 14.4. The van der Waals surface area contributed by atoms with Gasteiger partial charge in [0.1, 0.15) is 18.5 Å². The van der Waals surface area contributed by atoms with Crippen molar-refractivity contribution in [2.45, 2.75) is 12.7 Å². The van der Waals surface area contributed by atoms with Gasteiger partial charge in [0.25, 0.3) is 0 Å². The van der Waals surface area contributed by atoms with Gasteiger partial charge in [-0.25, -0.2) is 14.0 Å². The zero-order chi connectivity index (χ0) is 22.9. The molecular weight excluding hydrogens is 427 g/mol. The lowest BCUT2D eigenvalue weighted by atomic mass is 10.0. The number of carbonyl (C=O) groups is 2. The summed E-state index contributed by atoms with van der Waals surface area (Å²) >= 11 is 0. The lowest BCUT2D eigenvalue weighted by Crippen LogP contribution is -2.33. The van der Waals surface area contributed by atoms with Crippen molar-refractivity contribution in [3.05, 3.63) is 59.9 Å². The lowest BCUT2D eigenvalue weighted by Gasteiger charge is -2.24. The third-order valence-electron chi connectivity index (χ3n) is 6.67. The zero-order valence-electron chi connectivity index (χ0n) is 18.2. The van der Waals surface area contributed by atoms with Crippen LogP contribution in [0.5, 0.6) is 0 Å². The predicted octanol–water partition coefficient (Wildman–Crippen LogP) is 2.81. The first-order valence-electron chi connectivity index (χ1n) is 11.2. The standard InChI is InChI=1S/C24H27FN4O4/c25-21-8-19(29-14-20(9-26)33-24(29)31)6-7-22(21)27-10-17-12-28(13-18(17)11-27)23(30)32-15-16-4-2-1-3-5-16/h1-8,17-18,20H,9-15,26H2/t17-,18+,20-/m0/s1. The summed E-state index contributed by atoms with van der Waals surface area (Å²) in [5, 5.41) is 0. The van der Waals surface area contributed by atoms with Crippen LogP contribution in [0.3, 0.4) is 0 Å². The Morgan fingerprint density at radius 3 is 2.42 bits per heavy atom. The highest BCUT2D eigenvalue weighted by Crippen LogP contribution is 2.36. The van der Waals surface area contributed by atoms with E-state index in [9.17, 15) is 14.0 Å². The molecule has 3 saturated heterocycles. The number of halogens is 1. The van der Waals surface area contributed by atoms with E-state index in [-0.39, 0.29) is 43.0 Å². The first-order chi connectivity index (χ1) is 16.0. The molecule has 0 radical (unpaired) electrons. The van der Waals surface area contributed by atoms with Crippen molar-refractivity contribution < 1.29 is 23.5 Å². The number of fused-ring (bicyclic) bond motifs is 1. The van der Waals surface area contributed by atoms with Crippen molar-refractivity contribution in [3.8, 4) is 0 Å². The summed E-state index contributed by atoms with van der Waals surface area (Å²) in [6.07, 6.45) is -1.18. The molecule has 5 rings (SSSR count). The van der Waals surface area contributed by atoms with Crippen molar-refractivity contribution in [2.75, 3.05) is 49.1 Å². The Labute approximate surface area is 191 Å². The molecule has 174 valence electrons. The molecule has 3 heterocycles. The molecule has 2 aromatic carbocycles. The van der Waals surface area contributed by atoms with Crippen molar-refractivity contribution in [1.82, 2.24) is 4.90 Å². The molecule has 0 saturated carbocycles. The fourth-order valence-electron chi connectivity index (χ4n) is 4.92. The van der Waals surface area contributed by atoms with E-state index in [0.29, 0.717) is 44.1 Å². The number of carbonyl (C=O) groups excluding carboxylic acids is 2. The number of amides is 2. The van der Waals surface area contributed by atoms with Gasteiger partial charge < -0.3 is 25.0 Å². The van der Waals surface area contributed by atoms with Crippen LogP contribution in [0.1, 0.15) is 5.56 Å². The average Bonchev–Trinajstić information content (AvgIpc) is 3.51. The van der Waals surface area contributed by atoms with Gasteiger partial charge in [-0.15, -0.1) is 0 Å². The van der Waals surface area contributed by atoms with Gasteiger partial charge in [-0.2, -0.15) is 0 Å². The van der Waals surface area contributed by atoms with Crippen LogP contribution >= 0.6 is 0 Å².